The zero-order chi connectivity index (χ0) is 11.8. The molecular weight excluding hydrogens is 218 g/mol. The van der Waals surface area contributed by atoms with Crippen molar-refractivity contribution in [3.05, 3.63) is 34.2 Å². The van der Waals surface area contributed by atoms with Gasteiger partial charge in [-0.2, -0.15) is 0 Å². The molecular formula is C12H15N3O2. The summed E-state index contributed by atoms with van der Waals surface area (Å²) < 4.78 is 0. The maximum atomic E-state index is 11.1. The van der Waals surface area contributed by atoms with E-state index in [4.69, 9.17) is 0 Å². The first-order chi connectivity index (χ1) is 8.24. The summed E-state index contributed by atoms with van der Waals surface area (Å²) in [5, 5.41) is 13.5. The van der Waals surface area contributed by atoms with Crippen molar-refractivity contribution in [3.63, 3.8) is 0 Å². The zero-order valence-electron chi connectivity index (χ0n) is 9.36. The summed E-state index contributed by atoms with van der Waals surface area (Å²) in [5.74, 6) is 0. The highest BCUT2D eigenvalue weighted by Gasteiger charge is 2.24. The number of imidazole rings is 1. The highest BCUT2D eigenvalue weighted by molar-refractivity contribution is 5.75. The summed E-state index contributed by atoms with van der Waals surface area (Å²) in [6, 6.07) is 5.63. The fourth-order valence-corrected chi connectivity index (χ4v) is 2.45. The molecule has 1 aliphatic rings. The molecule has 0 amide bonds. The van der Waals surface area contributed by atoms with Crippen molar-refractivity contribution in [1.82, 2.24) is 15.3 Å². The van der Waals surface area contributed by atoms with E-state index in [-0.39, 0.29) is 11.7 Å². The molecule has 5 nitrogen and oxygen atoms in total. The lowest BCUT2D eigenvalue weighted by Crippen LogP contribution is -2.28. The number of aliphatic hydroxyl groups is 1. The number of fused-ring (bicyclic) bond motifs is 1. The molecule has 0 aliphatic carbocycles. The molecule has 0 bridgehead atoms. The highest BCUT2D eigenvalue weighted by atomic mass is 16.3. The molecule has 0 saturated carbocycles. The fraction of sp³-hybridized carbons (Fsp3) is 0.417. The van der Waals surface area contributed by atoms with Gasteiger partial charge >= 0.3 is 5.69 Å². The first-order valence-corrected chi connectivity index (χ1v) is 5.87. The third-order valence-corrected chi connectivity index (χ3v) is 3.36. The second-order valence-corrected chi connectivity index (χ2v) is 4.53. The molecule has 2 heterocycles. The first kappa shape index (κ1) is 10.6. The van der Waals surface area contributed by atoms with Gasteiger partial charge < -0.3 is 20.4 Å². The molecule has 0 radical (unpaired) electrons. The topological polar surface area (TPSA) is 80.9 Å². The van der Waals surface area contributed by atoms with E-state index < -0.39 is 6.10 Å². The molecule has 1 aliphatic heterocycles. The van der Waals surface area contributed by atoms with E-state index in [1.165, 1.54) is 0 Å². The minimum Gasteiger partial charge on any atom is -0.387 e. The number of rotatable bonds is 2. The summed E-state index contributed by atoms with van der Waals surface area (Å²) in [4.78, 5) is 16.5. The van der Waals surface area contributed by atoms with Crippen LogP contribution in [0.4, 0.5) is 0 Å². The number of hydrogen-bond acceptors (Lipinski definition) is 3. The van der Waals surface area contributed by atoms with Gasteiger partial charge in [0.25, 0.3) is 0 Å². The number of nitrogens with one attached hydrogen (secondary N) is 3. The predicted octanol–water partition coefficient (Wildman–Crippen LogP) is 0.642. The first-order valence-electron chi connectivity index (χ1n) is 5.87. The van der Waals surface area contributed by atoms with Crippen molar-refractivity contribution in [3.8, 4) is 0 Å². The summed E-state index contributed by atoms with van der Waals surface area (Å²) in [7, 11) is 0. The van der Waals surface area contributed by atoms with Crippen LogP contribution in [0.15, 0.2) is 23.0 Å². The van der Waals surface area contributed by atoms with Gasteiger partial charge in [-0.25, -0.2) is 4.79 Å². The number of H-pyrrole nitrogens is 2. The Balaban J connectivity index is 1.96. The number of benzene rings is 1. The quantitative estimate of drug-likeness (QED) is 0.614. The van der Waals surface area contributed by atoms with E-state index in [1.807, 2.05) is 18.2 Å². The zero-order valence-corrected chi connectivity index (χ0v) is 9.36. The van der Waals surface area contributed by atoms with Crippen molar-refractivity contribution in [2.24, 2.45) is 0 Å². The molecule has 3 rings (SSSR count). The van der Waals surface area contributed by atoms with E-state index in [0.717, 1.165) is 36.0 Å². The van der Waals surface area contributed by atoms with Crippen LogP contribution >= 0.6 is 0 Å². The third-order valence-electron chi connectivity index (χ3n) is 3.36. The molecule has 17 heavy (non-hydrogen) atoms. The fourth-order valence-electron chi connectivity index (χ4n) is 2.45. The lowest BCUT2D eigenvalue weighted by Gasteiger charge is -2.18. The molecule has 1 saturated heterocycles. The Morgan fingerprint density at radius 2 is 2.12 bits per heavy atom. The second-order valence-electron chi connectivity index (χ2n) is 4.53. The normalized spacial score (nSPS) is 22.1. The maximum Gasteiger partial charge on any atom is 0.323 e. The van der Waals surface area contributed by atoms with Gasteiger partial charge in [0.05, 0.1) is 17.1 Å². The van der Waals surface area contributed by atoms with E-state index in [1.54, 1.807) is 0 Å². The minimum absolute atomic E-state index is 0.123. The second kappa shape index (κ2) is 4.01. The molecule has 2 aromatic rings. The van der Waals surface area contributed by atoms with Gasteiger partial charge in [0.1, 0.15) is 0 Å². The molecule has 1 aromatic carbocycles. The largest absolute Gasteiger partial charge is 0.387 e. The summed E-state index contributed by atoms with van der Waals surface area (Å²) >= 11 is 0. The molecule has 0 spiro atoms. The van der Waals surface area contributed by atoms with Crippen molar-refractivity contribution in [2.75, 3.05) is 6.54 Å². The Hall–Kier alpha value is -1.59. The van der Waals surface area contributed by atoms with Crippen LogP contribution in [0.3, 0.4) is 0 Å². The standard InChI is InChI=1S/C12H15N3O2/c16-11(9-2-1-5-13-9)7-3-4-8-10(6-7)15-12(17)14-8/h3-4,6,9,11,13,16H,1-2,5H2,(H2,14,15,17). The van der Waals surface area contributed by atoms with Crippen LogP contribution in [-0.2, 0) is 0 Å². The van der Waals surface area contributed by atoms with E-state index in [9.17, 15) is 9.90 Å². The van der Waals surface area contributed by atoms with Crippen LogP contribution < -0.4 is 11.0 Å². The van der Waals surface area contributed by atoms with Crippen LogP contribution in [0.1, 0.15) is 24.5 Å². The molecule has 2 atom stereocenters. The van der Waals surface area contributed by atoms with Crippen molar-refractivity contribution < 1.29 is 5.11 Å². The van der Waals surface area contributed by atoms with Crippen molar-refractivity contribution in [2.45, 2.75) is 25.0 Å². The van der Waals surface area contributed by atoms with Crippen molar-refractivity contribution in [1.29, 1.82) is 0 Å². The molecule has 1 aromatic heterocycles. The summed E-state index contributed by atoms with van der Waals surface area (Å²) in [6.45, 7) is 0.963. The third kappa shape index (κ3) is 1.87. The van der Waals surface area contributed by atoms with Gasteiger partial charge in [0.2, 0.25) is 0 Å². The Kier molecular flexibility index (Phi) is 2.49. The van der Waals surface area contributed by atoms with Gasteiger partial charge in [0, 0.05) is 6.04 Å². The Morgan fingerprint density at radius 3 is 2.88 bits per heavy atom. The van der Waals surface area contributed by atoms with E-state index in [2.05, 4.69) is 15.3 Å². The molecule has 4 N–H and O–H groups in total. The number of aromatic amines is 2. The Labute approximate surface area is 97.9 Å². The van der Waals surface area contributed by atoms with Crippen LogP contribution in [0, 0.1) is 0 Å². The monoisotopic (exact) mass is 233 g/mol. The SMILES string of the molecule is O=c1[nH]c2ccc(C(O)C3CCCN3)cc2[nH]1. The summed E-state index contributed by atoms with van der Waals surface area (Å²) in [6.07, 6.45) is 1.58. The summed E-state index contributed by atoms with van der Waals surface area (Å²) in [5.41, 5.74) is 2.13. The lowest BCUT2D eigenvalue weighted by molar-refractivity contribution is 0.137. The van der Waals surface area contributed by atoms with E-state index in [0.29, 0.717) is 0 Å². The van der Waals surface area contributed by atoms with Crippen LogP contribution in [-0.4, -0.2) is 27.7 Å². The average molecular weight is 233 g/mol. The molecule has 5 heteroatoms. The van der Waals surface area contributed by atoms with Crippen molar-refractivity contribution >= 4 is 11.0 Å². The molecule has 90 valence electrons. The minimum atomic E-state index is -0.514. The van der Waals surface area contributed by atoms with Crippen LogP contribution in [0.2, 0.25) is 0 Å². The van der Waals surface area contributed by atoms with E-state index >= 15 is 0 Å². The Morgan fingerprint density at radius 1 is 1.29 bits per heavy atom. The average Bonchev–Trinajstić information content (AvgIpc) is 2.94. The maximum absolute atomic E-state index is 11.1. The van der Waals surface area contributed by atoms with Crippen LogP contribution in [0.5, 0.6) is 0 Å². The van der Waals surface area contributed by atoms with Gasteiger partial charge in [-0.15, -0.1) is 0 Å². The molecule has 2 unspecified atom stereocenters. The Bertz CT molecular complexity index is 581. The number of hydrogen-bond donors (Lipinski definition) is 4. The van der Waals surface area contributed by atoms with Gasteiger partial charge in [-0.1, -0.05) is 6.07 Å². The highest BCUT2D eigenvalue weighted by Crippen LogP contribution is 2.24. The smallest absolute Gasteiger partial charge is 0.323 e. The van der Waals surface area contributed by atoms with Gasteiger partial charge in [-0.05, 0) is 37.1 Å². The number of aromatic nitrogens is 2. The van der Waals surface area contributed by atoms with Gasteiger partial charge in [-0.3, -0.25) is 0 Å². The van der Waals surface area contributed by atoms with Crippen LogP contribution in [0.25, 0.3) is 11.0 Å². The van der Waals surface area contributed by atoms with Gasteiger partial charge in [0.15, 0.2) is 0 Å². The lowest BCUT2D eigenvalue weighted by atomic mass is 10.0. The molecule has 1 fully saturated rings. The predicted molar refractivity (Wildman–Crippen MR) is 64.9 cm³/mol. The number of aliphatic hydroxyl groups excluding tert-OH is 1.